The van der Waals surface area contributed by atoms with Gasteiger partial charge in [-0.1, -0.05) is 0 Å². The Bertz CT molecular complexity index is 111. The first kappa shape index (κ1) is 5.69. The smallest absolute Gasteiger partial charge is 0.0754 e. The lowest BCUT2D eigenvalue weighted by molar-refractivity contribution is 0.0872. The number of hydrogen-bond acceptors (Lipinski definition) is 2. The summed E-state index contributed by atoms with van der Waals surface area (Å²) in [6.07, 6.45) is 4.18. The second-order valence-electron chi connectivity index (χ2n) is 3.13. The van der Waals surface area contributed by atoms with Crippen LogP contribution < -0.4 is 5.73 Å². The van der Waals surface area contributed by atoms with Gasteiger partial charge in [0, 0.05) is 12.6 Å². The largest absolute Gasteiger partial charge is 0.376 e. The van der Waals surface area contributed by atoms with Gasteiger partial charge in [-0.15, -0.1) is 0 Å². The summed E-state index contributed by atoms with van der Waals surface area (Å²) in [6, 6.07) is 0.345. The number of nitrogens with two attached hydrogens (primary N) is 1. The summed E-state index contributed by atoms with van der Waals surface area (Å²) in [4.78, 5) is 0. The Kier molecular flexibility index (Phi) is 1.24. The lowest BCUT2D eigenvalue weighted by atomic mass is 10.1. The monoisotopic (exact) mass is 127 g/mol. The van der Waals surface area contributed by atoms with Crippen LogP contribution in [-0.4, -0.2) is 18.8 Å². The highest BCUT2D eigenvalue weighted by Gasteiger charge is 2.38. The van der Waals surface area contributed by atoms with Crippen molar-refractivity contribution in [1.82, 2.24) is 0 Å². The minimum absolute atomic E-state index is 0.345. The predicted molar refractivity (Wildman–Crippen MR) is 35.1 cm³/mol. The molecule has 2 nitrogen and oxygen atoms in total. The van der Waals surface area contributed by atoms with E-state index >= 15 is 0 Å². The average Bonchev–Trinajstić information content (AvgIpc) is 2.58. The second kappa shape index (κ2) is 1.96. The molecule has 1 saturated carbocycles. The van der Waals surface area contributed by atoms with E-state index in [1.807, 2.05) is 0 Å². The summed E-state index contributed by atoms with van der Waals surface area (Å²) in [7, 11) is 0. The Morgan fingerprint density at radius 1 is 1.22 bits per heavy atom. The third-order valence-electron chi connectivity index (χ3n) is 2.27. The van der Waals surface area contributed by atoms with Crippen LogP contribution in [0.5, 0.6) is 0 Å². The molecule has 0 spiro atoms. The van der Waals surface area contributed by atoms with E-state index in [4.69, 9.17) is 10.5 Å². The molecule has 9 heavy (non-hydrogen) atoms. The van der Waals surface area contributed by atoms with Gasteiger partial charge in [0.25, 0.3) is 0 Å². The van der Waals surface area contributed by atoms with E-state index in [0.29, 0.717) is 12.1 Å². The van der Waals surface area contributed by atoms with Crippen molar-refractivity contribution in [2.75, 3.05) is 6.61 Å². The zero-order valence-electron chi connectivity index (χ0n) is 5.55. The summed E-state index contributed by atoms with van der Waals surface area (Å²) in [5.74, 6) is 0.822. The van der Waals surface area contributed by atoms with Crippen molar-refractivity contribution in [2.45, 2.75) is 31.4 Å². The normalized spacial score (nSPS) is 43.7. The fourth-order valence-corrected chi connectivity index (χ4v) is 1.54. The van der Waals surface area contributed by atoms with Gasteiger partial charge in [0.2, 0.25) is 0 Å². The highest BCUT2D eigenvalue weighted by Crippen LogP contribution is 2.37. The van der Waals surface area contributed by atoms with Crippen LogP contribution in [-0.2, 0) is 4.74 Å². The van der Waals surface area contributed by atoms with Crippen LogP contribution in [0.2, 0.25) is 0 Å². The van der Waals surface area contributed by atoms with Gasteiger partial charge >= 0.3 is 0 Å². The van der Waals surface area contributed by atoms with Gasteiger partial charge in [-0.3, -0.25) is 0 Å². The van der Waals surface area contributed by atoms with E-state index in [9.17, 15) is 0 Å². The van der Waals surface area contributed by atoms with Crippen molar-refractivity contribution < 1.29 is 4.74 Å². The molecule has 2 N–H and O–H groups in total. The summed E-state index contributed by atoms with van der Waals surface area (Å²) < 4.78 is 5.46. The van der Waals surface area contributed by atoms with Crippen LogP contribution >= 0.6 is 0 Å². The number of rotatable bonds is 1. The predicted octanol–water partition coefficient (Wildman–Crippen LogP) is 0.513. The molecule has 0 aromatic rings. The zero-order chi connectivity index (χ0) is 6.27. The van der Waals surface area contributed by atoms with Gasteiger partial charge in [0.1, 0.15) is 0 Å². The van der Waals surface area contributed by atoms with Crippen molar-refractivity contribution in [3.63, 3.8) is 0 Å². The Hall–Kier alpha value is -0.0800. The maximum atomic E-state index is 5.79. The summed E-state index contributed by atoms with van der Waals surface area (Å²) in [5, 5.41) is 0. The Morgan fingerprint density at radius 2 is 2.00 bits per heavy atom. The molecule has 0 radical (unpaired) electrons. The molecular formula is C7H13NO. The third-order valence-corrected chi connectivity index (χ3v) is 2.27. The third kappa shape index (κ3) is 0.970. The first-order chi connectivity index (χ1) is 4.38. The van der Waals surface area contributed by atoms with Crippen LogP contribution in [0.4, 0.5) is 0 Å². The van der Waals surface area contributed by atoms with Crippen molar-refractivity contribution in [2.24, 2.45) is 11.7 Å². The van der Waals surface area contributed by atoms with Crippen molar-refractivity contribution >= 4 is 0 Å². The van der Waals surface area contributed by atoms with Crippen LogP contribution in [0.1, 0.15) is 19.3 Å². The second-order valence-corrected chi connectivity index (χ2v) is 3.13. The molecule has 52 valence electrons. The van der Waals surface area contributed by atoms with E-state index in [0.717, 1.165) is 18.9 Å². The molecule has 0 bridgehead atoms. The van der Waals surface area contributed by atoms with Gasteiger partial charge in [0.05, 0.1) is 6.10 Å². The molecule has 0 aromatic carbocycles. The SMILES string of the molecule is N[C@@H]1CCO[C@H]1C1CC1. The maximum Gasteiger partial charge on any atom is 0.0754 e. The lowest BCUT2D eigenvalue weighted by Gasteiger charge is -2.11. The molecular weight excluding hydrogens is 114 g/mol. The highest BCUT2D eigenvalue weighted by molar-refractivity contribution is 4.91. The van der Waals surface area contributed by atoms with Crippen LogP contribution in [0.25, 0.3) is 0 Å². The number of ether oxygens (including phenoxy) is 1. The van der Waals surface area contributed by atoms with Gasteiger partial charge in [-0.2, -0.15) is 0 Å². The average molecular weight is 127 g/mol. The molecule has 2 heteroatoms. The minimum Gasteiger partial charge on any atom is -0.376 e. The topological polar surface area (TPSA) is 35.2 Å². The Balaban J connectivity index is 1.93. The molecule has 0 unspecified atom stereocenters. The van der Waals surface area contributed by atoms with E-state index < -0.39 is 0 Å². The minimum atomic E-state index is 0.345. The molecule has 2 rings (SSSR count). The first-order valence-electron chi connectivity index (χ1n) is 3.75. The summed E-state index contributed by atoms with van der Waals surface area (Å²) >= 11 is 0. The number of hydrogen-bond donors (Lipinski definition) is 1. The van der Waals surface area contributed by atoms with E-state index in [1.165, 1.54) is 12.8 Å². The first-order valence-corrected chi connectivity index (χ1v) is 3.75. The van der Waals surface area contributed by atoms with Gasteiger partial charge < -0.3 is 10.5 Å². The fourth-order valence-electron chi connectivity index (χ4n) is 1.54. The van der Waals surface area contributed by atoms with E-state index in [1.54, 1.807) is 0 Å². The summed E-state index contributed by atoms with van der Waals surface area (Å²) in [6.45, 7) is 0.891. The van der Waals surface area contributed by atoms with Gasteiger partial charge in [-0.25, -0.2) is 0 Å². The highest BCUT2D eigenvalue weighted by atomic mass is 16.5. The van der Waals surface area contributed by atoms with Crippen LogP contribution in [0, 0.1) is 5.92 Å². The standard InChI is InChI=1S/C7H13NO/c8-6-3-4-9-7(6)5-1-2-5/h5-7H,1-4,8H2/t6-,7+/m1/s1. The fraction of sp³-hybridized carbons (Fsp3) is 1.00. The summed E-state index contributed by atoms with van der Waals surface area (Å²) in [5.41, 5.74) is 5.79. The molecule has 1 heterocycles. The van der Waals surface area contributed by atoms with Crippen LogP contribution in [0.3, 0.4) is 0 Å². The Labute approximate surface area is 55.4 Å². The molecule has 1 aliphatic carbocycles. The van der Waals surface area contributed by atoms with E-state index in [-0.39, 0.29) is 0 Å². The van der Waals surface area contributed by atoms with E-state index in [2.05, 4.69) is 0 Å². The van der Waals surface area contributed by atoms with Crippen molar-refractivity contribution in [3.8, 4) is 0 Å². The maximum absolute atomic E-state index is 5.79. The van der Waals surface area contributed by atoms with Gasteiger partial charge in [0.15, 0.2) is 0 Å². The van der Waals surface area contributed by atoms with Crippen molar-refractivity contribution in [3.05, 3.63) is 0 Å². The zero-order valence-corrected chi connectivity index (χ0v) is 5.55. The lowest BCUT2D eigenvalue weighted by Crippen LogP contribution is -2.31. The van der Waals surface area contributed by atoms with Crippen LogP contribution in [0.15, 0.2) is 0 Å². The molecule has 2 atom stereocenters. The molecule has 2 fully saturated rings. The molecule has 0 amide bonds. The molecule has 1 aliphatic heterocycles. The van der Waals surface area contributed by atoms with Gasteiger partial charge in [-0.05, 0) is 25.2 Å². The quantitative estimate of drug-likeness (QED) is 0.557. The molecule has 1 saturated heterocycles. The molecule has 2 aliphatic rings. The van der Waals surface area contributed by atoms with Crippen molar-refractivity contribution in [1.29, 1.82) is 0 Å². The Morgan fingerprint density at radius 3 is 2.44 bits per heavy atom. The molecule has 0 aromatic heterocycles.